The van der Waals surface area contributed by atoms with E-state index in [1.807, 2.05) is 26.0 Å². The second-order valence-electron chi connectivity index (χ2n) is 17.5. The zero-order valence-electron chi connectivity index (χ0n) is 47.3. The van der Waals surface area contributed by atoms with Crippen molar-refractivity contribution in [3.8, 4) is 23.0 Å². The molecule has 3 aromatic heterocycles. The average Bonchev–Trinajstić information content (AvgIpc) is 3.55. The molecule has 82 heavy (non-hydrogen) atoms. The third-order valence-corrected chi connectivity index (χ3v) is 11.5. The van der Waals surface area contributed by atoms with Gasteiger partial charge in [-0.2, -0.15) is 4.39 Å². The Hall–Kier alpha value is -9.71. The molecule has 0 radical (unpaired) electrons. The smallest absolute Gasteiger partial charge is 0.305 e. The van der Waals surface area contributed by atoms with Gasteiger partial charge in [0.2, 0.25) is 11.7 Å². The Morgan fingerprint density at radius 1 is 0.585 bits per heavy atom. The van der Waals surface area contributed by atoms with Gasteiger partial charge in [0.05, 0.1) is 26.2 Å². The average molecular weight is 1140 g/mol. The van der Waals surface area contributed by atoms with E-state index in [0.717, 1.165) is 59.7 Å². The van der Waals surface area contributed by atoms with E-state index in [-0.39, 0.29) is 57.0 Å². The zero-order chi connectivity index (χ0) is 62.0. The summed E-state index contributed by atoms with van der Waals surface area (Å²) in [4.78, 5) is 84.5. The van der Waals surface area contributed by atoms with Crippen LogP contribution in [0.2, 0.25) is 0 Å². The number of nitrogens with one attached hydrogen (secondary N) is 2. The highest BCUT2D eigenvalue weighted by Crippen LogP contribution is 2.34. The van der Waals surface area contributed by atoms with Crippen LogP contribution in [0.3, 0.4) is 0 Å². The molecule has 24 heteroatoms. The number of Topliss-reactive ketones (excluding diaryl/α,β-unsaturated/α-hetero) is 2. The van der Waals surface area contributed by atoms with Crippen LogP contribution in [-0.4, -0.2) is 54.2 Å². The molecule has 0 bridgehead atoms. The van der Waals surface area contributed by atoms with Crippen molar-refractivity contribution < 1.29 is 51.8 Å². The minimum atomic E-state index is -1.11. The van der Waals surface area contributed by atoms with Crippen molar-refractivity contribution in [2.24, 2.45) is 5.73 Å². The fourth-order valence-electron chi connectivity index (χ4n) is 7.61. The lowest BCUT2D eigenvalue weighted by molar-refractivity contribution is -0.387. The summed E-state index contributed by atoms with van der Waals surface area (Å²) in [6, 6.07) is 20.5. The van der Waals surface area contributed by atoms with Crippen LogP contribution in [0, 0.1) is 75.5 Å². The molecule has 0 unspecified atom stereocenters. The maximum atomic E-state index is 13.0. The van der Waals surface area contributed by atoms with Gasteiger partial charge in [-0.15, -0.1) is 0 Å². The standard InChI is InChI=1S/C17H18N2O4.C17H20N2O2.C9H10FNO2.C7H5F2NO2.C7H8N2O2.CH5N/c1-4-15-12(3)17(6-5-16(15)19(21)22)23-14-7-8-18-13(10-14)9-11(2)20;1-4-15-12(3)17(6-5-16(15)18)21-14-7-8-19-13(10-14)9-11(2)20;1-3-7-6(2)8(10)4-5-9(7)11(12)13;1-4-5(8)2-3-6(7(4)9)10(11)12;1-5(10)9-7-4-6(11)2-3-8-7;1-2/h5-8,10H,4,9H2,1-3H3;5-8,10H,4,9,18H2,1-3H3;4-5H,3H2,1-2H3;2-3H,1H3;2-4H,1H3,(H2,8,9,10,11);2H2,1H3. The Morgan fingerprint density at radius 2 is 1.00 bits per heavy atom. The molecular formula is C58H66F3N9O12. The van der Waals surface area contributed by atoms with Gasteiger partial charge in [-0.3, -0.25) is 59.5 Å². The van der Waals surface area contributed by atoms with E-state index in [0.29, 0.717) is 70.4 Å². The van der Waals surface area contributed by atoms with Crippen LogP contribution in [0.4, 0.5) is 41.7 Å². The van der Waals surface area contributed by atoms with Crippen molar-refractivity contribution >= 4 is 46.0 Å². The molecule has 7 aromatic rings. The summed E-state index contributed by atoms with van der Waals surface area (Å²) in [6.07, 6.45) is 7.16. The third-order valence-electron chi connectivity index (χ3n) is 11.5. The zero-order valence-corrected chi connectivity index (χ0v) is 47.3. The fourth-order valence-corrected chi connectivity index (χ4v) is 7.61. The van der Waals surface area contributed by atoms with Crippen molar-refractivity contribution in [3.05, 3.63) is 212 Å². The number of aromatic nitrogens is 3. The molecule has 6 N–H and O–H groups in total. The lowest BCUT2D eigenvalue weighted by Crippen LogP contribution is -2.09. The molecule has 1 amide bonds. The number of amides is 1. The minimum Gasteiger partial charge on any atom is -0.457 e. The molecule has 0 aliphatic rings. The number of nitrogen functional groups attached to an aromatic ring is 1. The summed E-state index contributed by atoms with van der Waals surface area (Å²) in [5.74, 6) is 0.614. The molecule has 0 aliphatic heterocycles. The topological polar surface area (TPSA) is 322 Å². The van der Waals surface area contributed by atoms with E-state index < -0.39 is 27.2 Å². The SMILES string of the molecule is CC(=O)Nc1cc(=O)cc[nH]1.CCc1c(N)ccc(Oc2ccnc(CC(C)=O)c2)c1C.CCc1c([N+](=O)[O-])ccc(F)c1C.CCc1c([N+](=O)[O-])ccc(Oc2ccnc(CC(C)=O)c2)c1C.CN.Cc1c(F)ccc([N+](=O)[O-])c1F. The number of aromatic amines is 1. The molecule has 3 heterocycles. The quantitative estimate of drug-likeness (QED) is 0.0421. The van der Waals surface area contributed by atoms with Crippen molar-refractivity contribution in [3.63, 3.8) is 0 Å². The number of nitro groups is 3. The number of ether oxygens (including phenoxy) is 2. The molecule has 0 aliphatic carbocycles. The molecule has 4 aromatic carbocycles. The molecule has 0 spiro atoms. The fraction of sp³-hybridized carbons (Fsp3) is 0.276. The van der Waals surface area contributed by atoms with Gasteiger partial charge in [0.1, 0.15) is 52.0 Å². The van der Waals surface area contributed by atoms with Crippen molar-refractivity contribution in [1.82, 2.24) is 15.0 Å². The van der Waals surface area contributed by atoms with Gasteiger partial charge < -0.3 is 31.2 Å². The van der Waals surface area contributed by atoms with E-state index in [9.17, 15) is 62.7 Å². The number of hydrogen-bond donors (Lipinski definition) is 4. The first kappa shape index (κ1) is 68.4. The van der Waals surface area contributed by atoms with Gasteiger partial charge in [0.25, 0.3) is 11.4 Å². The van der Waals surface area contributed by atoms with E-state index in [1.54, 1.807) is 70.4 Å². The number of nitrogens with two attached hydrogens (primary N) is 2. The molecule has 0 saturated heterocycles. The first-order chi connectivity index (χ1) is 38.7. The van der Waals surface area contributed by atoms with Crippen LogP contribution in [-0.2, 0) is 46.5 Å². The summed E-state index contributed by atoms with van der Waals surface area (Å²) < 4.78 is 50.1. The molecule has 0 saturated carbocycles. The molecule has 21 nitrogen and oxygen atoms in total. The number of anilines is 2. The number of halogens is 3. The number of rotatable bonds is 15. The number of pyridine rings is 3. The predicted octanol–water partition coefficient (Wildman–Crippen LogP) is 11.9. The van der Waals surface area contributed by atoms with Gasteiger partial charge in [0.15, 0.2) is 5.43 Å². The number of H-pyrrole nitrogens is 1. The molecule has 0 atom stereocenters. The Balaban J connectivity index is 0.000000358. The summed E-state index contributed by atoms with van der Waals surface area (Å²) in [6.45, 7) is 16.7. The van der Waals surface area contributed by atoms with Gasteiger partial charge in [-0.1, -0.05) is 20.8 Å². The third kappa shape index (κ3) is 21.2. The number of carbonyl (C=O) groups is 3. The first-order valence-electron chi connectivity index (χ1n) is 25.2. The van der Waals surface area contributed by atoms with Crippen molar-refractivity contribution in [2.75, 3.05) is 18.1 Å². The van der Waals surface area contributed by atoms with Crippen LogP contribution in [0.25, 0.3) is 0 Å². The number of nitrogens with zero attached hydrogens (tertiary/aromatic N) is 5. The molecule has 436 valence electrons. The largest absolute Gasteiger partial charge is 0.457 e. The van der Waals surface area contributed by atoms with Crippen molar-refractivity contribution in [1.29, 1.82) is 0 Å². The maximum absolute atomic E-state index is 13.0. The highest BCUT2D eigenvalue weighted by atomic mass is 19.1. The Bertz CT molecular complexity index is 3450. The highest BCUT2D eigenvalue weighted by molar-refractivity contribution is 5.87. The number of carbonyl (C=O) groups excluding carboxylic acids is 3. The number of nitro benzene ring substituents is 3. The number of benzene rings is 4. The lowest BCUT2D eigenvalue weighted by Gasteiger charge is -2.14. The van der Waals surface area contributed by atoms with Gasteiger partial charge in [0, 0.05) is 109 Å². The Morgan fingerprint density at radius 3 is 1.43 bits per heavy atom. The number of ketones is 2. The summed E-state index contributed by atoms with van der Waals surface area (Å²) >= 11 is 0. The van der Waals surface area contributed by atoms with Crippen LogP contribution in [0.1, 0.15) is 91.9 Å². The predicted molar refractivity (Wildman–Crippen MR) is 306 cm³/mol. The summed E-state index contributed by atoms with van der Waals surface area (Å²) in [7, 11) is 1.50. The summed E-state index contributed by atoms with van der Waals surface area (Å²) in [5.41, 5.74) is 15.9. The summed E-state index contributed by atoms with van der Waals surface area (Å²) in [5, 5.41) is 34.2. The molecule has 7 rings (SSSR count). The normalized spacial score (nSPS) is 9.94. The van der Waals surface area contributed by atoms with E-state index in [2.05, 4.69) is 32.9 Å². The van der Waals surface area contributed by atoms with Crippen LogP contribution in [0.5, 0.6) is 23.0 Å². The van der Waals surface area contributed by atoms with E-state index >= 15 is 0 Å². The Labute approximate surface area is 471 Å². The van der Waals surface area contributed by atoms with Crippen LogP contribution >= 0.6 is 0 Å². The van der Waals surface area contributed by atoms with Crippen LogP contribution < -0.4 is 31.7 Å². The van der Waals surface area contributed by atoms with Gasteiger partial charge in [-0.05, 0) is 127 Å². The minimum absolute atomic E-state index is 0.00130. The second-order valence-corrected chi connectivity index (χ2v) is 17.5. The number of hydrogen-bond acceptors (Lipinski definition) is 16. The van der Waals surface area contributed by atoms with E-state index in [4.69, 9.17) is 15.2 Å². The van der Waals surface area contributed by atoms with E-state index in [1.165, 1.54) is 51.4 Å². The van der Waals surface area contributed by atoms with Crippen molar-refractivity contribution in [2.45, 2.75) is 101 Å². The van der Waals surface area contributed by atoms with Crippen LogP contribution in [0.15, 0.2) is 108 Å². The Kier molecular flexibility index (Phi) is 28.1. The first-order valence-corrected chi connectivity index (χ1v) is 25.2. The highest BCUT2D eigenvalue weighted by Gasteiger charge is 2.20. The maximum Gasteiger partial charge on any atom is 0.305 e. The van der Waals surface area contributed by atoms with Gasteiger partial charge >= 0.3 is 5.69 Å². The lowest BCUT2D eigenvalue weighted by atomic mass is 10.0. The van der Waals surface area contributed by atoms with Gasteiger partial charge in [-0.25, -0.2) is 8.78 Å². The second kappa shape index (κ2) is 33.7. The molecule has 0 fully saturated rings. The molecular weight excluding hydrogens is 1070 g/mol. The monoisotopic (exact) mass is 1140 g/mol.